The fourth-order valence-corrected chi connectivity index (χ4v) is 13.9. The highest BCUT2D eigenvalue weighted by molar-refractivity contribution is 8.00. The van der Waals surface area contributed by atoms with E-state index in [9.17, 15) is 65.7 Å². The molecule has 5 atom stereocenters. The van der Waals surface area contributed by atoms with Crippen molar-refractivity contribution in [1.29, 1.82) is 0 Å². The SMILES string of the molecule is C[C@H](NC(=O)[C@@H](NC(=O)Cc1cc(F)cc(F)c1)c1ccccc1)C(=O)NCc1ccc(C(=O)c2ccc(CNCCCCCCCC(=O)NCCCN(C)S(=O)(=O)c3ccc(C(=O)NCCCCCC(=O)CCCC[C@@H]4SC[C@@H]5NC(=O)N[C@@H]54)cc3[N+](=O)[O-])cc2)cc1. The Balaban J connectivity index is 0.695. The summed E-state index contributed by atoms with van der Waals surface area (Å²) in [5.41, 5.74) is 2.41. The van der Waals surface area contributed by atoms with Gasteiger partial charge in [-0.3, -0.25) is 43.7 Å². The maximum Gasteiger partial charge on any atom is 0.315 e. The van der Waals surface area contributed by atoms with Crippen LogP contribution in [0.15, 0.2) is 120 Å². The molecule has 0 aromatic heterocycles. The molecule has 26 heteroatoms. The van der Waals surface area contributed by atoms with E-state index in [1.807, 2.05) is 23.9 Å². The number of carbonyl (C=O) groups is 8. The van der Waals surface area contributed by atoms with Crippen LogP contribution in [0.3, 0.4) is 0 Å². The molecule has 2 aliphatic rings. The summed E-state index contributed by atoms with van der Waals surface area (Å²) >= 11 is 1.86. The fourth-order valence-electron chi connectivity index (χ4n) is 11.1. The van der Waals surface area contributed by atoms with Crippen molar-refractivity contribution in [3.63, 3.8) is 0 Å². The zero-order chi connectivity index (χ0) is 67.6. The highest BCUT2D eigenvalue weighted by Crippen LogP contribution is 2.33. The number of amides is 7. The normalized spacial score (nSPS) is 15.6. The van der Waals surface area contributed by atoms with E-state index in [2.05, 4.69) is 42.5 Å². The van der Waals surface area contributed by atoms with Crippen molar-refractivity contribution in [1.82, 2.24) is 46.8 Å². The Labute approximate surface area is 551 Å². The van der Waals surface area contributed by atoms with Gasteiger partial charge in [-0.05, 0) is 105 Å². The number of sulfonamides is 1. The summed E-state index contributed by atoms with van der Waals surface area (Å²) in [6, 6.07) is 26.5. The molecule has 5 aromatic rings. The van der Waals surface area contributed by atoms with Crippen molar-refractivity contribution in [2.75, 3.05) is 39.0 Å². The Hall–Kier alpha value is -8.46. The standard InChI is InChI=1S/C68H84F2N10O12S2/c1-45(75-67(87)62(49-17-8-6-9-18-49)77-61(83)39-48-37-53(69)41-54(70)38-48)65(85)74-43-47-25-29-51(30-26-47)64(84)50-27-23-46(24-28-50)42-71-33-14-5-3-4-11-22-60(82)72-35-16-36-79(2)94(91,92)59-32-31-52(40-57(59)80(89)90)66(86)73-34-15-7-10-19-55(81)20-12-13-21-58-63-56(44-93-58)76-68(88)78-63/h6,8-9,17-18,23-32,37-38,40-41,45,56,58,62-63,71H,3-5,7,10-16,19-22,33-36,39,42-44H2,1-2H3,(H,72,82)(H,73,86)(H,74,85)(H,75,87)(H,77,83)(H2,76,78,88)/t45-,56-,58-,62-,63-/m0/s1. The first-order chi connectivity index (χ1) is 45.1. The van der Waals surface area contributed by atoms with Gasteiger partial charge in [-0.2, -0.15) is 11.8 Å². The van der Waals surface area contributed by atoms with Crippen LogP contribution in [0.1, 0.15) is 158 Å². The predicted octanol–water partition coefficient (Wildman–Crippen LogP) is 8.17. The van der Waals surface area contributed by atoms with Crippen LogP contribution in [-0.2, 0) is 53.5 Å². The van der Waals surface area contributed by atoms with Gasteiger partial charge >= 0.3 is 6.03 Å². The van der Waals surface area contributed by atoms with Gasteiger partial charge in [-0.25, -0.2) is 26.3 Å². The number of unbranched alkanes of at least 4 members (excludes halogenated alkanes) is 7. The number of nitrogens with one attached hydrogen (secondary N) is 8. The molecule has 5 aromatic carbocycles. The number of thioether (sulfide) groups is 1. The van der Waals surface area contributed by atoms with E-state index in [0.29, 0.717) is 85.1 Å². The minimum atomic E-state index is -4.33. The number of urea groups is 1. The number of fused-ring (bicyclic) bond motifs is 1. The third-order valence-electron chi connectivity index (χ3n) is 16.4. The Kier molecular flexibility index (Phi) is 28.6. The van der Waals surface area contributed by atoms with Gasteiger partial charge in [0.05, 0.1) is 23.4 Å². The van der Waals surface area contributed by atoms with Gasteiger partial charge in [0, 0.05) is 98.9 Å². The number of hydrogen-bond donors (Lipinski definition) is 8. The van der Waals surface area contributed by atoms with Crippen LogP contribution in [0.25, 0.3) is 0 Å². The second-order valence-corrected chi connectivity index (χ2v) is 27.0. The van der Waals surface area contributed by atoms with Crippen molar-refractivity contribution in [2.24, 2.45) is 0 Å². The number of carbonyl (C=O) groups excluding carboxylic acids is 8. The van der Waals surface area contributed by atoms with Gasteiger partial charge < -0.3 is 42.5 Å². The molecule has 0 saturated carbocycles. The summed E-state index contributed by atoms with van der Waals surface area (Å²) in [5, 5.41) is 35.3. The number of nitrogens with zero attached hydrogens (tertiary/aromatic N) is 2. The van der Waals surface area contributed by atoms with Crippen LogP contribution in [-0.4, -0.2) is 127 Å². The third-order valence-corrected chi connectivity index (χ3v) is 19.8. The minimum absolute atomic E-state index is 0.0212. The highest BCUT2D eigenvalue weighted by Gasteiger charge is 2.42. The van der Waals surface area contributed by atoms with E-state index in [0.717, 1.165) is 91.4 Å². The predicted molar refractivity (Wildman–Crippen MR) is 353 cm³/mol. The van der Waals surface area contributed by atoms with Crippen molar-refractivity contribution in [3.8, 4) is 0 Å². The average molecular weight is 1340 g/mol. The van der Waals surface area contributed by atoms with Crippen molar-refractivity contribution in [2.45, 2.75) is 157 Å². The number of ketones is 2. The molecule has 22 nitrogen and oxygen atoms in total. The van der Waals surface area contributed by atoms with Gasteiger partial charge in [-0.1, -0.05) is 111 Å². The molecular formula is C68H84F2N10O12S2. The lowest BCUT2D eigenvalue weighted by atomic mass is 10.0. The van der Waals surface area contributed by atoms with E-state index in [4.69, 9.17) is 0 Å². The molecule has 0 radical (unpaired) electrons. The Bertz CT molecular complexity index is 3530. The number of nitro benzene ring substituents is 1. The topological polar surface area (TPSA) is 313 Å². The molecule has 8 N–H and O–H groups in total. The summed E-state index contributed by atoms with van der Waals surface area (Å²) in [7, 11) is -3.03. The Morgan fingerprint density at radius 2 is 1.26 bits per heavy atom. The monoisotopic (exact) mass is 1330 g/mol. The molecular weight excluding hydrogens is 1250 g/mol. The smallest absolute Gasteiger partial charge is 0.315 e. The van der Waals surface area contributed by atoms with Crippen LogP contribution < -0.4 is 42.5 Å². The minimum Gasteiger partial charge on any atom is -0.356 e. The summed E-state index contributed by atoms with van der Waals surface area (Å²) in [6.45, 7) is 3.44. The molecule has 0 spiro atoms. The third kappa shape index (κ3) is 22.9. The molecule has 7 rings (SSSR count). The Morgan fingerprint density at radius 1 is 0.649 bits per heavy atom. The molecule has 2 fully saturated rings. The van der Waals surface area contributed by atoms with E-state index in [1.165, 1.54) is 20.0 Å². The zero-order valence-corrected chi connectivity index (χ0v) is 54.6. The quantitative estimate of drug-likeness (QED) is 0.00603. The van der Waals surface area contributed by atoms with Gasteiger partial charge in [0.25, 0.3) is 11.6 Å². The largest absolute Gasteiger partial charge is 0.356 e. The summed E-state index contributed by atoms with van der Waals surface area (Å²) in [6.07, 6.45) is 10.1. The highest BCUT2D eigenvalue weighted by atomic mass is 32.2. The maximum atomic E-state index is 13.7. The molecule has 0 bridgehead atoms. The molecule has 94 heavy (non-hydrogen) atoms. The fraction of sp³-hybridized carbons (Fsp3) is 0.441. The lowest BCUT2D eigenvalue weighted by Crippen LogP contribution is -2.49. The summed E-state index contributed by atoms with van der Waals surface area (Å²) < 4.78 is 55.4. The first kappa shape index (κ1) is 73.0. The van der Waals surface area contributed by atoms with E-state index >= 15 is 0 Å². The molecule has 7 amide bonds. The van der Waals surface area contributed by atoms with E-state index in [-0.39, 0.29) is 85.7 Å². The number of hydrogen-bond acceptors (Lipinski definition) is 14. The van der Waals surface area contributed by atoms with Crippen LogP contribution in [0.2, 0.25) is 0 Å². The molecule has 2 heterocycles. The number of benzene rings is 5. The van der Waals surface area contributed by atoms with Gasteiger partial charge in [0.1, 0.15) is 29.5 Å². The van der Waals surface area contributed by atoms with Crippen LogP contribution in [0.5, 0.6) is 0 Å². The van der Waals surface area contributed by atoms with Crippen LogP contribution in [0.4, 0.5) is 19.3 Å². The maximum absolute atomic E-state index is 13.7. The molecule has 0 unspecified atom stereocenters. The second kappa shape index (κ2) is 36.8. The molecule has 504 valence electrons. The second-order valence-electron chi connectivity index (χ2n) is 23.7. The summed E-state index contributed by atoms with van der Waals surface area (Å²) in [4.78, 5) is 113. The molecule has 0 aliphatic carbocycles. The van der Waals surface area contributed by atoms with Crippen molar-refractivity contribution in [3.05, 3.63) is 176 Å². The molecule has 2 aliphatic heterocycles. The van der Waals surface area contributed by atoms with E-state index in [1.54, 1.807) is 66.7 Å². The Morgan fingerprint density at radius 3 is 1.95 bits per heavy atom. The summed E-state index contributed by atoms with van der Waals surface area (Å²) in [5.74, 6) is -3.33. The lowest BCUT2D eigenvalue weighted by Gasteiger charge is -2.22. The van der Waals surface area contributed by atoms with E-state index < -0.39 is 72.9 Å². The number of Topliss-reactive ketones (excluding diaryl/α,β-unsaturated/α-hetero) is 1. The first-order valence-corrected chi connectivity index (χ1v) is 34.4. The number of nitro groups is 1. The van der Waals surface area contributed by atoms with Gasteiger partial charge in [0.15, 0.2) is 10.7 Å². The number of halogens is 2. The van der Waals surface area contributed by atoms with Gasteiger partial charge in [0.2, 0.25) is 33.7 Å². The van der Waals surface area contributed by atoms with Gasteiger partial charge in [-0.15, -0.1) is 0 Å². The number of rotatable bonds is 40. The molecule has 2 saturated heterocycles. The van der Waals surface area contributed by atoms with Crippen molar-refractivity contribution < 1.29 is 60.5 Å². The lowest BCUT2D eigenvalue weighted by molar-refractivity contribution is -0.387. The zero-order valence-electron chi connectivity index (χ0n) is 53.0. The average Bonchev–Trinajstić information content (AvgIpc) is 0.885. The first-order valence-electron chi connectivity index (χ1n) is 32.0. The van der Waals surface area contributed by atoms with Crippen LogP contribution in [0, 0.1) is 21.7 Å². The van der Waals surface area contributed by atoms with Crippen molar-refractivity contribution >= 4 is 74.6 Å². The van der Waals surface area contributed by atoms with Crippen LogP contribution >= 0.6 is 11.8 Å².